The Labute approximate surface area is 152 Å². The summed E-state index contributed by atoms with van der Waals surface area (Å²) in [6.45, 7) is 8.87. The first-order chi connectivity index (χ1) is 12.3. The lowest BCUT2D eigenvalue weighted by Crippen LogP contribution is -2.42. The van der Waals surface area contributed by atoms with Crippen LogP contribution in [0.5, 0.6) is 0 Å². The predicted molar refractivity (Wildman–Crippen MR) is 95.0 cm³/mol. The van der Waals surface area contributed by atoms with Crippen molar-refractivity contribution in [2.24, 2.45) is 5.92 Å². The Morgan fingerprint density at radius 2 is 2.15 bits per heavy atom. The van der Waals surface area contributed by atoms with Gasteiger partial charge in [-0.15, -0.1) is 0 Å². The maximum Gasteiger partial charge on any atom is 0.334 e. The predicted octanol–water partition coefficient (Wildman–Crippen LogP) is 2.19. The van der Waals surface area contributed by atoms with Gasteiger partial charge in [0.15, 0.2) is 6.10 Å². The number of carbonyl (C=O) groups is 3. The number of carbonyl (C=O) groups excluding carboxylic acids is 3. The number of fused-ring (bicyclic) bond motifs is 1. The lowest BCUT2D eigenvalue weighted by atomic mass is 9.84. The summed E-state index contributed by atoms with van der Waals surface area (Å²) in [5, 5.41) is 10.9. The molecule has 0 radical (unpaired) electrons. The molecule has 1 aliphatic heterocycles. The Morgan fingerprint density at radius 1 is 1.46 bits per heavy atom. The van der Waals surface area contributed by atoms with Gasteiger partial charge in [0.05, 0.1) is 5.92 Å². The number of aliphatic hydroxyl groups excluding tert-OH is 1. The van der Waals surface area contributed by atoms with Crippen molar-refractivity contribution in [2.45, 2.75) is 51.9 Å². The molecule has 2 aliphatic rings. The Morgan fingerprint density at radius 3 is 2.77 bits per heavy atom. The molecule has 0 unspecified atom stereocenters. The largest absolute Gasteiger partial charge is 0.454 e. The average molecular weight is 360 g/mol. The van der Waals surface area contributed by atoms with Crippen LogP contribution in [0.4, 0.5) is 0 Å². The van der Waals surface area contributed by atoms with Gasteiger partial charge in [-0.05, 0) is 39.7 Å². The molecule has 26 heavy (non-hydrogen) atoms. The summed E-state index contributed by atoms with van der Waals surface area (Å²) in [7, 11) is 0. The van der Waals surface area contributed by atoms with Crippen LogP contribution in [0.1, 0.15) is 33.6 Å². The maximum atomic E-state index is 12.2. The third-order valence-electron chi connectivity index (χ3n) is 4.76. The highest BCUT2D eigenvalue weighted by molar-refractivity contribution is 5.92. The van der Waals surface area contributed by atoms with E-state index in [2.05, 4.69) is 6.58 Å². The molecule has 2 rings (SSSR count). The van der Waals surface area contributed by atoms with Crippen LogP contribution < -0.4 is 0 Å². The van der Waals surface area contributed by atoms with Crippen LogP contribution in [-0.4, -0.2) is 41.6 Å². The van der Waals surface area contributed by atoms with Crippen molar-refractivity contribution >= 4 is 18.2 Å². The van der Waals surface area contributed by atoms with Crippen molar-refractivity contribution in [3.63, 3.8) is 0 Å². The van der Waals surface area contributed by atoms with Crippen molar-refractivity contribution in [1.82, 2.24) is 0 Å². The zero-order chi connectivity index (χ0) is 19.4. The van der Waals surface area contributed by atoms with Gasteiger partial charge in [-0.1, -0.05) is 24.3 Å². The van der Waals surface area contributed by atoms with Gasteiger partial charge in [-0.25, -0.2) is 9.59 Å². The first-order valence-electron chi connectivity index (χ1n) is 8.54. The first-order valence-corrected chi connectivity index (χ1v) is 8.54. The fraction of sp³-hybridized carbons (Fsp3) is 0.450. The van der Waals surface area contributed by atoms with Crippen LogP contribution >= 0.6 is 0 Å². The van der Waals surface area contributed by atoms with Crippen LogP contribution in [-0.2, 0) is 23.9 Å². The summed E-state index contributed by atoms with van der Waals surface area (Å²) < 4.78 is 10.7. The molecule has 1 fully saturated rings. The van der Waals surface area contributed by atoms with Gasteiger partial charge in [-0.2, -0.15) is 0 Å². The van der Waals surface area contributed by atoms with E-state index in [1.807, 2.05) is 6.92 Å². The molecule has 1 heterocycles. The molecule has 0 aromatic carbocycles. The van der Waals surface area contributed by atoms with Crippen LogP contribution in [0, 0.1) is 5.92 Å². The second-order valence-electron chi connectivity index (χ2n) is 6.58. The fourth-order valence-electron chi connectivity index (χ4n) is 3.06. The molecule has 1 N–H and O–H groups in total. The topological polar surface area (TPSA) is 89.9 Å². The number of hydrogen-bond acceptors (Lipinski definition) is 6. The van der Waals surface area contributed by atoms with E-state index in [9.17, 15) is 19.5 Å². The standard InChI is InChI=1S/C20H24O6/c1-5-12(3)19(23)26-18-14(10-21)8-6-7-11(2)9-15-16(17(18)22)13(4)20(24)25-15/h5,8-10,15-18,22H,4,6-7H2,1-3H3/b11-9-,12-5-,14-8-/t15-,16+,17+,18+/m1/s1. The molecular weight excluding hydrogens is 336 g/mol. The van der Waals surface area contributed by atoms with E-state index in [1.54, 1.807) is 32.1 Å². The Kier molecular flexibility index (Phi) is 6.32. The summed E-state index contributed by atoms with van der Waals surface area (Å²) in [5.74, 6) is -2.04. The quantitative estimate of drug-likeness (QED) is 0.359. The van der Waals surface area contributed by atoms with E-state index in [1.165, 1.54) is 0 Å². The van der Waals surface area contributed by atoms with Crippen LogP contribution in [0.2, 0.25) is 0 Å². The van der Waals surface area contributed by atoms with Crippen LogP contribution in [0.3, 0.4) is 0 Å². The SMILES string of the molecule is C=C1C(=O)O[C@@H]2/C=C(/C)CC/C=C(/C=O)[C@H](OC(=O)/C(C)=C\C)[C@@H](O)[C@@H]12. The van der Waals surface area contributed by atoms with E-state index in [0.717, 1.165) is 5.57 Å². The first kappa shape index (κ1) is 19.8. The van der Waals surface area contributed by atoms with Crippen molar-refractivity contribution in [1.29, 1.82) is 0 Å². The second-order valence-corrected chi connectivity index (χ2v) is 6.58. The number of rotatable bonds is 3. The van der Waals surface area contributed by atoms with Gasteiger partial charge in [0.2, 0.25) is 0 Å². The highest BCUT2D eigenvalue weighted by atomic mass is 16.6. The van der Waals surface area contributed by atoms with E-state index < -0.39 is 36.2 Å². The van der Waals surface area contributed by atoms with Crippen molar-refractivity contribution in [3.8, 4) is 0 Å². The summed E-state index contributed by atoms with van der Waals surface area (Å²) in [6, 6.07) is 0. The van der Waals surface area contributed by atoms with Gasteiger partial charge >= 0.3 is 11.9 Å². The second kappa shape index (κ2) is 8.27. The minimum atomic E-state index is -1.34. The van der Waals surface area contributed by atoms with Gasteiger partial charge in [0, 0.05) is 16.7 Å². The Hall–Kier alpha value is -2.47. The van der Waals surface area contributed by atoms with Gasteiger partial charge < -0.3 is 14.6 Å². The van der Waals surface area contributed by atoms with Gasteiger partial charge in [0.25, 0.3) is 0 Å². The Balaban J connectivity index is 2.47. The summed E-state index contributed by atoms with van der Waals surface area (Å²) in [5.41, 5.74) is 1.58. The smallest absolute Gasteiger partial charge is 0.334 e. The number of aliphatic hydroxyl groups is 1. The number of allylic oxidation sites excluding steroid dienone is 3. The number of ether oxygens (including phenoxy) is 2. The normalized spacial score (nSPS) is 33.9. The molecule has 140 valence electrons. The summed E-state index contributed by atoms with van der Waals surface area (Å²) >= 11 is 0. The molecule has 6 nitrogen and oxygen atoms in total. The molecular formula is C20H24O6. The molecule has 0 aromatic rings. The number of esters is 2. The third kappa shape index (κ3) is 4.02. The molecule has 1 saturated heterocycles. The highest BCUT2D eigenvalue weighted by Gasteiger charge is 2.46. The molecule has 0 spiro atoms. The molecule has 0 bridgehead atoms. The van der Waals surface area contributed by atoms with E-state index in [4.69, 9.17) is 9.47 Å². The van der Waals surface area contributed by atoms with E-state index in [-0.39, 0.29) is 11.1 Å². The molecule has 1 aliphatic carbocycles. The molecule has 0 amide bonds. The molecule has 0 saturated carbocycles. The third-order valence-corrected chi connectivity index (χ3v) is 4.76. The lowest BCUT2D eigenvalue weighted by molar-refractivity contribution is -0.150. The van der Waals surface area contributed by atoms with Gasteiger partial charge in [0.1, 0.15) is 18.5 Å². The Bertz CT molecular complexity index is 712. The lowest BCUT2D eigenvalue weighted by Gasteiger charge is -2.30. The zero-order valence-electron chi connectivity index (χ0n) is 15.2. The highest BCUT2D eigenvalue weighted by Crippen LogP contribution is 2.35. The van der Waals surface area contributed by atoms with Crippen LogP contribution in [0.25, 0.3) is 0 Å². The monoisotopic (exact) mass is 360 g/mol. The minimum absolute atomic E-state index is 0.0983. The minimum Gasteiger partial charge on any atom is -0.454 e. The fourth-order valence-corrected chi connectivity index (χ4v) is 3.06. The summed E-state index contributed by atoms with van der Waals surface area (Å²) in [6.07, 6.45) is 3.50. The average Bonchev–Trinajstić information content (AvgIpc) is 2.88. The molecule has 4 atom stereocenters. The van der Waals surface area contributed by atoms with Gasteiger partial charge in [-0.3, -0.25) is 4.79 Å². The van der Waals surface area contributed by atoms with E-state index >= 15 is 0 Å². The van der Waals surface area contributed by atoms with Crippen molar-refractivity contribution in [2.75, 3.05) is 0 Å². The zero-order valence-corrected chi connectivity index (χ0v) is 15.2. The molecule has 6 heteroatoms. The van der Waals surface area contributed by atoms with Crippen molar-refractivity contribution < 1.29 is 29.0 Å². The van der Waals surface area contributed by atoms with Crippen molar-refractivity contribution in [3.05, 3.63) is 47.1 Å². The summed E-state index contributed by atoms with van der Waals surface area (Å²) in [4.78, 5) is 35.8. The van der Waals surface area contributed by atoms with Crippen LogP contribution in [0.15, 0.2) is 47.1 Å². The molecule has 0 aromatic heterocycles. The number of hydrogen-bond donors (Lipinski definition) is 1. The van der Waals surface area contributed by atoms with E-state index in [0.29, 0.717) is 24.7 Å². The number of aldehydes is 1. The maximum absolute atomic E-state index is 12.2.